The first-order valence-electron chi connectivity index (χ1n) is 8.12. The van der Waals surface area contributed by atoms with Crippen molar-refractivity contribution in [3.8, 4) is 0 Å². The van der Waals surface area contributed by atoms with Crippen molar-refractivity contribution in [1.82, 2.24) is 9.55 Å². The maximum atomic E-state index is 6.15. The number of aromatic nitrogens is 2. The highest BCUT2D eigenvalue weighted by atomic mass is 35.5. The van der Waals surface area contributed by atoms with E-state index in [0.717, 1.165) is 45.4 Å². The zero-order valence-corrected chi connectivity index (χ0v) is 15.0. The molecule has 0 amide bonds. The van der Waals surface area contributed by atoms with Crippen molar-refractivity contribution in [3.63, 3.8) is 0 Å². The van der Waals surface area contributed by atoms with Gasteiger partial charge >= 0.3 is 0 Å². The van der Waals surface area contributed by atoms with Crippen LogP contribution in [-0.4, -0.2) is 9.55 Å². The minimum atomic E-state index is 0.740. The fraction of sp³-hybridized carbons (Fsp3) is 0.0952. The molecule has 0 bridgehead atoms. The molecule has 0 radical (unpaired) electrons. The molecule has 0 atom stereocenters. The molecule has 0 saturated carbocycles. The summed E-state index contributed by atoms with van der Waals surface area (Å²) in [5.74, 6) is 1.03. The summed E-state index contributed by atoms with van der Waals surface area (Å²) in [6.07, 6.45) is 0.756. The topological polar surface area (TPSA) is 17.8 Å². The largest absolute Gasteiger partial charge is 0.323 e. The number of nitrogens with zero attached hydrogens (tertiary/aromatic N) is 2. The molecule has 0 saturated heterocycles. The number of halogens is 2. The molecule has 3 aromatic carbocycles. The van der Waals surface area contributed by atoms with E-state index in [0.29, 0.717) is 0 Å². The van der Waals surface area contributed by atoms with E-state index in [-0.39, 0.29) is 0 Å². The maximum absolute atomic E-state index is 6.15. The van der Waals surface area contributed by atoms with E-state index in [9.17, 15) is 0 Å². The number of hydrogen-bond donors (Lipinski definition) is 0. The van der Waals surface area contributed by atoms with Crippen LogP contribution >= 0.6 is 23.2 Å². The third-order valence-electron chi connectivity index (χ3n) is 4.24. The number of hydrogen-bond acceptors (Lipinski definition) is 1. The second kappa shape index (κ2) is 6.91. The van der Waals surface area contributed by atoms with Gasteiger partial charge in [0.25, 0.3) is 0 Å². The second-order valence-corrected chi connectivity index (χ2v) is 6.91. The van der Waals surface area contributed by atoms with Gasteiger partial charge in [0.15, 0.2) is 0 Å². The van der Waals surface area contributed by atoms with E-state index in [4.69, 9.17) is 28.2 Å². The Morgan fingerprint density at radius 3 is 2.36 bits per heavy atom. The van der Waals surface area contributed by atoms with Crippen LogP contribution in [0, 0.1) is 0 Å². The van der Waals surface area contributed by atoms with Crippen LogP contribution in [0.4, 0.5) is 0 Å². The van der Waals surface area contributed by atoms with Crippen LogP contribution < -0.4 is 0 Å². The SMILES string of the molecule is Clc1ccc(Cc2nc3ccccc3n2Cc2cccc(Cl)c2)cc1. The lowest BCUT2D eigenvalue weighted by atomic mass is 10.1. The van der Waals surface area contributed by atoms with Gasteiger partial charge in [-0.25, -0.2) is 4.98 Å². The Hall–Kier alpha value is -2.29. The minimum absolute atomic E-state index is 0.740. The van der Waals surface area contributed by atoms with Crippen LogP contribution in [0.5, 0.6) is 0 Å². The first-order chi connectivity index (χ1) is 12.2. The molecule has 1 heterocycles. The molecule has 4 aromatic rings. The van der Waals surface area contributed by atoms with Gasteiger partial charge in [-0.3, -0.25) is 0 Å². The highest BCUT2D eigenvalue weighted by Gasteiger charge is 2.12. The summed E-state index contributed by atoms with van der Waals surface area (Å²) >= 11 is 12.1. The first kappa shape index (κ1) is 16.2. The lowest BCUT2D eigenvalue weighted by Crippen LogP contribution is -2.06. The number of imidazole rings is 1. The summed E-state index contributed by atoms with van der Waals surface area (Å²) in [4.78, 5) is 4.85. The van der Waals surface area contributed by atoms with E-state index in [1.807, 2.05) is 54.6 Å². The average molecular weight is 367 g/mol. The monoisotopic (exact) mass is 366 g/mol. The van der Waals surface area contributed by atoms with Gasteiger partial charge in [0, 0.05) is 23.0 Å². The quantitative estimate of drug-likeness (QED) is 0.434. The van der Waals surface area contributed by atoms with Gasteiger partial charge < -0.3 is 4.57 Å². The maximum Gasteiger partial charge on any atom is 0.114 e. The molecular formula is C21H16Cl2N2. The Morgan fingerprint density at radius 2 is 1.56 bits per heavy atom. The van der Waals surface area contributed by atoms with Gasteiger partial charge in [-0.15, -0.1) is 0 Å². The number of fused-ring (bicyclic) bond motifs is 1. The molecule has 0 aliphatic carbocycles. The third kappa shape index (κ3) is 3.55. The lowest BCUT2D eigenvalue weighted by molar-refractivity contribution is 0.762. The summed E-state index contributed by atoms with van der Waals surface area (Å²) < 4.78 is 2.26. The number of rotatable bonds is 4. The Morgan fingerprint density at radius 1 is 0.760 bits per heavy atom. The van der Waals surface area contributed by atoms with Crippen molar-refractivity contribution in [2.24, 2.45) is 0 Å². The van der Waals surface area contributed by atoms with Crippen molar-refractivity contribution in [3.05, 3.63) is 99.8 Å². The number of benzene rings is 3. The van der Waals surface area contributed by atoms with Gasteiger partial charge in [0.2, 0.25) is 0 Å². The summed E-state index contributed by atoms with van der Waals surface area (Å²) in [5, 5.41) is 1.50. The van der Waals surface area contributed by atoms with Crippen LogP contribution in [0.25, 0.3) is 11.0 Å². The van der Waals surface area contributed by atoms with Gasteiger partial charge in [-0.2, -0.15) is 0 Å². The van der Waals surface area contributed by atoms with Crippen LogP contribution in [0.3, 0.4) is 0 Å². The van der Waals surface area contributed by atoms with E-state index in [2.05, 4.69) is 22.8 Å². The highest BCUT2D eigenvalue weighted by molar-refractivity contribution is 6.30. The highest BCUT2D eigenvalue weighted by Crippen LogP contribution is 2.22. The van der Waals surface area contributed by atoms with Crippen LogP contribution in [0.1, 0.15) is 17.0 Å². The second-order valence-electron chi connectivity index (χ2n) is 6.04. The van der Waals surface area contributed by atoms with E-state index in [1.165, 1.54) is 5.56 Å². The Balaban J connectivity index is 1.76. The Bertz CT molecular complexity index is 1020. The third-order valence-corrected chi connectivity index (χ3v) is 4.73. The van der Waals surface area contributed by atoms with Gasteiger partial charge in [0.05, 0.1) is 11.0 Å². The molecule has 124 valence electrons. The first-order valence-corrected chi connectivity index (χ1v) is 8.88. The molecule has 0 aliphatic heterocycles. The minimum Gasteiger partial charge on any atom is -0.323 e. The molecular weight excluding hydrogens is 351 g/mol. The Kier molecular flexibility index (Phi) is 4.48. The van der Waals surface area contributed by atoms with Gasteiger partial charge in [0.1, 0.15) is 5.82 Å². The fourth-order valence-electron chi connectivity index (χ4n) is 3.04. The van der Waals surface area contributed by atoms with Crippen LogP contribution in [0.2, 0.25) is 10.0 Å². The van der Waals surface area contributed by atoms with E-state index >= 15 is 0 Å². The Labute approximate surface area is 156 Å². The van der Waals surface area contributed by atoms with E-state index < -0.39 is 0 Å². The van der Waals surface area contributed by atoms with Crippen molar-refractivity contribution < 1.29 is 0 Å². The molecule has 2 nitrogen and oxygen atoms in total. The summed E-state index contributed by atoms with van der Waals surface area (Å²) in [7, 11) is 0. The molecule has 4 heteroatoms. The molecule has 0 aliphatic rings. The van der Waals surface area contributed by atoms with Crippen molar-refractivity contribution in [2.45, 2.75) is 13.0 Å². The zero-order valence-electron chi connectivity index (χ0n) is 13.5. The summed E-state index contributed by atoms with van der Waals surface area (Å²) in [6, 6.07) is 24.1. The van der Waals surface area contributed by atoms with Crippen LogP contribution in [0.15, 0.2) is 72.8 Å². The zero-order chi connectivity index (χ0) is 17.2. The normalized spacial score (nSPS) is 11.1. The molecule has 0 unspecified atom stereocenters. The molecule has 25 heavy (non-hydrogen) atoms. The summed E-state index contributed by atoms with van der Waals surface area (Å²) in [6.45, 7) is 0.740. The van der Waals surface area contributed by atoms with Crippen molar-refractivity contribution in [2.75, 3.05) is 0 Å². The predicted molar refractivity (Wildman–Crippen MR) is 105 cm³/mol. The predicted octanol–water partition coefficient (Wildman–Crippen LogP) is 5.98. The smallest absolute Gasteiger partial charge is 0.114 e. The van der Waals surface area contributed by atoms with Crippen molar-refractivity contribution in [1.29, 1.82) is 0 Å². The molecule has 0 spiro atoms. The van der Waals surface area contributed by atoms with Crippen molar-refractivity contribution >= 4 is 34.2 Å². The van der Waals surface area contributed by atoms with Crippen LogP contribution in [-0.2, 0) is 13.0 Å². The number of para-hydroxylation sites is 2. The lowest BCUT2D eigenvalue weighted by Gasteiger charge is -2.10. The molecule has 1 aromatic heterocycles. The molecule has 4 rings (SSSR count). The van der Waals surface area contributed by atoms with Gasteiger partial charge in [-0.05, 0) is 47.5 Å². The fourth-order valence-corrected chi connectivity index (χ4v) is 3.38. The average Bonchev–Trinajstić information content (AvgIpc) is 2.94. The molecule has 0 N–H and O–H groups in total. The standard InChI is InChI=1S/C21H16Cl2N2/c22-17-10-8-15(9-11-17)13-21-24-19-6-1-2-7-20(19)25(21)14-16-4-3-5-18(23)12-16/h1-12H,13-14H2. The van der Waals surface area contributed by atoms with Gasteiger partial charge in [-0.1, -0.05) is 59.6 Å². The van der Waals surface area contributed by atoms with E-state index in [1.54, 1.807) is 0 Å². The molecule has 0 fully saturated rings. The summed E-state index contributed by atoms with van der Waals surface area (Å²) in [5.41, 5.74) is 4.49.